The van der Waals surface area contributed by atoms with E-state index in [0.717, 1.165) is 22.2 Å². The van der Waals surface area contributed by atoms with Crippen LogP contribution in [0.4, 0.5) is 0 Å². The molecule has 0 saturated heterocycles. The summed E-state index contributed by atoms with van der Waals surface area (Å²) in [5, 5.41) is 10.4. The number of carbonyl (C=O) groups is 1. The van der Waals surface area contributed by atoms with Gasteiger partial charge in [-0.3, -0.25) is 4.98 Å². The van der Waals surface area contributed by atoms with Crippen molar-refractivity contribution in [2.24, 2.45) is 0 Å². The number of rotatable bonds is 1. The summed E-state index contributed by atoms with van der Waals surface area (Å²) in [6.07, 6.45) is 1.35. The summed E-state index contributed by atoms with van der Waals surface area (Å²) in [4.78, 5) is 16.5. The number of carboxylic acid groups (broad SMARTS) is 1. The minimum atomic E-state index is -0.871. The van der Waals surface area contributed by atoms with Crippen molar-refractivity contribution in [2.75, 3.05) is 0 Å². The molecule has 0 bridgehead atoms. The van der Waals surface area contributed by atoms with Crippen LogP contribution in [0.25, 0.3) is 10.9 Å². The first-order valence-corrected chi connectivity index (χ1v) is 6.94. The highest BCUT2D eigenvalue weighted by molar-refractivity contribution is 6.04. The molecule has 0 atom stereocenters. The summed E-state index contributed by atoms with van der Waals surface area (Å²) in [6.45, 7) is 0. The summed E-state index contributed by atoms with van der Waals surface area (Å²) in [5.41, 5.74) is 5.36. The molecule has 21 heavy (non-hydrogen) atoms. The second-order valence-corrected chi connectivity index (χ2v) is 5.36. The van der Waals surface area contributed by atoms with Crippen molar-refractivity contribution in [1.82, 2.24) is 4.98 Å². The molecular formula is C18H13NO2. The third-order valence-corrected chi connectivity index (χ3v) is 4.14. The molecule has 0 unspecified atom stereocenters. The summed E-state index contributed by atoms with van der Waals surface area (Å²) in [5.74, 6) is -0.871. The van der Waals surface area contributed by atoms with Crippen molar-refractivity contribution in [1.29, 1.82) is 0 Å². The van der Waals surface area contributed by atoms with E-state index in [1.807, 2.05) is 36.4 Å². The second kappa shape index (κ2) is 4.42. The van der Waals surface area contributed by atoms with Gasteiger partial charge in [-0.15, -0.1) is 0 Å². The standard InChI is InChI=1S/C18H13NO2/c20-18(21)17-13-7-3-4-8-15(13)19-16-10-12-6-2-1-5-11(12)9-14(16)17/h1-8H,9-10H2,(H,20,21). The maximum absolute atomic E-state index is 11.8. The maximum Gasteiger partial charge on any atom is 0.336 e. The lowest BCUT2D eigenvalue weighted by molar-refractivity contribution is 0.0697. The van der Waals surface area contributed by atoms with Gasteiger partial charge in [0.1, 0.15) is 0 Å². The summed E-state index contributed by atoms with van der Waals surface area (Å²) >= 11 is 0. The fraction of sp³-hybridized carbons (Fsp3) is 0.111. The molecule has 0 saturated carbocycles. The van der Waals surface area contributed by atoms with Crippen LogP contribution in [0.1, 0.15) is 32.7 Å². The SMILES string of the molecule is O=C(O)c1c2c(nc3ccccc13)Cc1ccccc1C2. The van der Waals surface area contributed by atoms with Crippen LogP contribution in [-0.2, 0) is 12.8 Å². The number of para-hydroxylation sites is 1. The van der Waals surface area contributed by atoms with Crippen LogP contribution >= 0.6 is 0 Å². The molecule has 1 N–H and O–H groups in total. The zero-order chi connectivity index (χ0) is 14.4. The Morgan fingerprint density at radius 3 is 2.38 bits per heavy atom. The fourth-order valence-electron chi connectivity index (χ4n) is 3.16. The second-order valence-electron chi connectivity index (χ2n) is 5.36. The van der Waals surface area contributed by atoms with Crippen molar-refractivity contribution in [3.05, 3.63) is 76.5 Å². The quantitative estimate of drug-likeness (QED) is 0.579. The van der Waals surface area contributed by atoms with Crippen LogP contribution in [0.3, 0.4) is 0 Å². The molecule has 0 amide bonds. The van der Waals surface area contributed by atoms with Crippen LogP contribution in [-0.4, -0.2) is 16.1 Å². The van der Waals surface area contributed by atoms with Gasteiger partial charge < -0.3 is 5.11 Å². The van der Waals surface area contributed by atoms with Gasteiger partial charge in [0.25, 0.3) is 0 Å². The first kappa shape index (κ1) is 12.1. The average Bonchev–Trinajstić information content (AvgIpc) is 2.50. The number of hydrogen-bond acceptors (Lipinski definition) is 2. The Kier molecular flexibility index (Phi) is 2.54. The molecule has 2 aromatic carbocycles. The minimum Gasteiger partial charge on any atom is -0.478 e. The van der Waals surface area contributed by atoms with Crippen LogP contribution in [0.15, 0.2) is 48.5 Å². The smallest absolute Gasteiger partial charge is 0.336 e. The van der Waals surface area contributed by atoms with Gasteiger partial charge >= 0.3 is 5.97 Å². The number of carboxylic acids is 1. The Bertz CT molecular complexity index is 884. The Hall–Kier alpha value is -2.68. The predicted octanol–water partition coefficient (Wildman–Crippen LogP) is 3.43. The van der Waals surface area contributed by atoms with E-state index >= 15 is 0 Å². The highest BCUT2D eigenvalue weighted by Crippen LogP contribution is 2.32. The molecule has 1 heterocycles. The molecular weight excluding hydrogens is 262 g/mol. The Morgan fingerprint density at radius 2 is 1.62 bits per heavy atom. The topological polar surface area (TPSA) is 50.2 Å². The highest BCUT2D eigenvalue weighted by Gasteiger charge is 2.24. The molecule has 0 fully saturated rings. The van der Waals surface area contributed by atoms with Crippen LogP contribution in [0.5, 0.6) is 0 Å². The van der Waals surface area contributed by atoms with Crippen molar-refractivity contribution in [3.8, 4) is 0 Å². The molecule has 0 aliphatic heterocycles. The lowest BCUT2D eigenvalue weighted by Crippen LogP contribution is -2.15. The van der Waals surface area contributed by atoms with E-state index in [9.17, 15) is 9.90 Å². The van der Waals surface area contributed by atoms with E-state index in [4.69, 9.17) is 4.98 Å². The van der Waals surface area contributed by atoms with Crippen molar-refractivity contribution in [2.45, 2.75) is 12.8 Å². The van der Waals surface area contributed by atoms with E-state index in [2.05, 4.69) is 12.1 Å². The van der Waals surface area contributed by atoms with Crippen LogP contribution < -0.4 is 0 Å². The third kappa shape index (κ3) is 1.82. The van der Waals surface area contributed by atoms with Gasteiger partial charge in [-0.1, -0.05) is 42.5 Å². The van der Waals surface area contributed by atoms with E-state index in [0.29, 0.717) is 18.4 Å². The molecule has 4 rings (SSSR count). The molecule has 0 spiro atoms. The van der Waals surface area contributed by atoms with Crippen LogP contribution in [0.2, 0.25) is 0 Å². The fourth-order valence-corrected chi connectivity index (χ4v) is 3.16. The van der Waals surface area contributed by atoms with E-state index < -0.39 is 5.97 Å². The van der Waals surface area contributed by atoms with Crippen molar-refractivity contribution in [3.63, 3.8) is 0 Å². The molecule has 3 nitrogen and oxygen atoms in total. The number of pyridine rings is 1. The monoisotopic (exact) mass is 275 g/mol. The van der Waals surface area contributed by atoms with E-state index in [1.165, 1.54) is 11.1 Å². The first-order chi connectivity index (χ1) is 10.2. The van der Waals surface area contributed by atoms with Crippen molar-refractivity contribution < 1.29 is 9.90 Å². The van der Waals surface area contributed by atoms with Gasteiger partial charge in [0.15, 0.2) is 0 Å². The lowest BCUT2D eigenvalue weighted by Gasteiger charge is -2.21. The number of fused-ring (bicyclic) bond motifs is 3. The number of hydrogen-bond donors (Lipinski definition) is 1. The molecule has 1 aliphatic rings. The largest absolute Gasteiger partial charge is 0.478 e. The van der Waals surface area contributed by atoms with Crippen molar-refractivity contribution >= 4 is 16.9 Å². The average molecular weight is 275 g/mol. The molecule has 1 aliphatic carbocycles. The van der Waals surface area contributed by atoms with Crippen LogP contribution in [0, 0.1) is 0 Å². The molecule has 102 valence electrons. The van der Waals surface area contributed by atoms with E-state index in [1.54, 1.807) is 0 Å². The van der Waals surface area contributed by atoms with Gasteiger partial charge in [-0.25, -0.2) is 4.79 Å². The van der Waals surface area contributed by atoms with Gasteiger partial charge in [-0.05, 0) is 22.8 Å². The van der Waals surface area contributed by atoms with Gasteiger partial charge in [-0.2, -0.15) is 0 Å². The van der Waals surface area contributed by atoms with Gasteiger partial charge in [0.2, 0.25) is 0 Å². The maximum atomic E-state index is 11.8. The Morgan fingerprint density at radius 1 is 0.952 bits per heavy atom. The number of aromatic nitrogens is 1. The summed E-state index contributed by atoms with van der Waals surface area (Å²) in [6, 6.07) is 15.6. The first-order valence-electron chi connectivity index (χ1n) is 6.94. The zero-order valence-corrected chi connectivity index (χ0v) is 11.3. The molecule has 0 radical (unpaired) electrons. The summed E-state index contributed by atoms with van der Waals surface area (Å²) in [7, 11) is 0. The highest BCUT2D eigenvalue weighted by atomic mass is 16.4. The van der Waals surface area contributed by atoms with E-state index in [-0.39, 0.29) is 0 Å². The Balaban J connectivity index is 2.03. The van der Waals surface area contributed by atoms with Gasteiger partial charge in [0.05, 0.1) is 11.1 Å². The zero-order valence-electron chi connectivity index (χ0n) is 11.3. The summed E-state index contributed by atoms with van der Waals surface area (Å²) < 4.78 is 0. The normalized spacial score (nSPS) is 12.8. The number of aromatic carboxylic acids is 1. The Labute approximate surface area is 121 Å². The number of nitrogens with zero attached hydrogens (tertiary/aromatic N) is 1. The molecule has 1 aromatic heterocycles. The third-order valence-electron chi connectivity index (χ3n) is 4.14. The minimum absolute atomic E-state index is 0.408. The molecule has 3 heteroatoms. The predicted molar refractivity (Wildman–Crippen MR) is 80.8 cm³/mol. The van der Waals surface area contributed by atoms with Gasteiger partial charge in [0, 0.05) is 23.9 Å². The molecule has 3 aromatic rings. The number of benzene rings is 2. The lowest BCUT2D eigenvalue weighted by atomic mass is 9.85.